The number of nitrogens with one attached hydrogen (secondary N) is 1. The number of rotatable bonds is 4. The quantitative estimate of drug-likeness (QED) is 0.837. The highest BCUT2D eigenvalue weighted by Crippen LogP contribution is 2.38. The molecule has 1 aliphatic carbocycles. The van der Waals surface area contributed by atoms with Crippen molar-refractivity contribution in [1.82, 2.24) is 4.98 Å². The van der Waals surface area contributed by atoms with Gasteiger partial charge in [0.2, 0.25) is 0 Å². The van der Waals surface area contributed by atoms with Gasteiger partial charge in [0.15, 0.2) is 0 Å². The number of pyridine rings is 1. The summed E-state index contributed by atoms with van der Waals surface area (Å²) in [5.41, 5.74) is 3.70. The summed E-state index contributed by atoms with van der Waals surface area (Å²) in [4.78, 5) is 30.6. The van der Waals surface area contributed by atoms with Crippen LogP contribution in [-0.4, -0.2) is 23.5 Å². The number of hydrogen-bond acceptors (Lipinski definition) is 5. The normalized spacial score (nSPS) is 13.2. The number of aromatic nitrogens is 1. The number of carbonyl (C=O) groups excluding carboxylic acids is 2. The molecule has 3 rings (SSSR count). The zero-order chi connectivity index (χ0) is 18.0. The molecule has 0 fully saturated rings. The van der Waals surface area contributed by atoms with Crippen molar-refractivity contribution in [2.75, 3.05) is 11.9 Å². The zero-order valence-electron chi connectivity index (χ0n) is 14.8. The maximum atomic E-state index is 12.6. The molecular formula is C19H22N2O3S. The Morgan fingerprint density at radius 1 is 1.24 bits per heavy atom. The number of amides is 1. The molecule has 0 unspecified atom stereocenters. The lowest BCUT2D eigenvalue weighted by atomic mass is 9.95. The molecule has 6 heteroatoms. The molecule has 0 spiro atoms. The summed E-state index contributed by atoms with van der Waals surface area (Å²) in [6.45, 7) is 5.89. The van der Waals surface area contributed by atoms with Gasteiger partial charge in [-0.05, 0) is 69.7 Å². The van der Waals surface area contributed by atoms with E-state index in [0.717, 1.165) is 42.5 Å². The van der Waals surface area contributed by atoms with Crippen molar-refractivity contribution in [3.05, 3.63) is 45.1 Å². The number of ether oxygens (including phenoxy) is 1. The minimum Gasteiger partial charge on any atom is -0.462 e. The highest BCUT2D eigenvalue weighted by molar-refractivity contribution is 7.17. The second-order valence-electron chi connectivity index (χ2n) is 6.26. The van der Waals surface area contributed by atoms with Gasteiger partial charge in [-0.2, -0.15) is 0 Å². The van der Waals surface area contributed by atoms with E-state index < -0.39 is 0 Å². The van der Waals surface area contributed by atoms with Crippen molar-refractivity contribution >= 4 is 28.2 Å². The number of hydrogen-bond donors (Lipinski definition) is 1. The Bertz CT molecular complexity index is 806. The van der Waals surface area contributed by atoms with E-state index in [1.807, 2.05) is 19.9 Å². The van der Waals surface area contributed by atoms with Crippen LogP contribution in [0.3, 0.4) is 0 Å². The average molecular weight is 358 g/mol. The van der Waals surface area contributed by atoms with Crippen LogP contribution in [0.15, 0.2) is 12.1 Å². The minimum atomic E-state index is -0.356. The maximum Gasteiger partial charge on any atom is 0.341 e. The Labute approximate surface area is 151 Å². The van der Waals surface area contributed by atoms with Gasteiger partial charge in [0.05, 0.1) is 12.2 Å². The predicted molar refractivity (Wildman–Crippen MR) is 98.6 cm³/mol. The minimum absolute atomic E-state index is 0.295. The van der Waals surface area contributed by atoms with Crippen LogP contribution < -0.4 is 5.32 Å². The van der Waals surface area contributed by atoms with Crippen LogP contribution in [0.5, 0.6) is 0 Å². The van der Waals surface area contributed by atoms with Crippen LogP contribution in [-0.2, 0) is 17.6 Å². The van der Waals surface area contributed by atoms with E-state index in [1.54, 1.807) is 13.0 Å². The third kappa shape index (κ3) is 3.74. The van der Waals surface area contributed by atoms with Gasteiger partial charge in [0.25, 0.3) is 5.91 Å². The Hall–Kier alpha value is -2.21. The Morgan fingerprint density at radius 2 is 2.00 bits per heavy atom. The first-order valence-electron chi connectivity index (χ1n) is 8.58. The van der Waals surface area contributed by atoms with Crippen molar-refractivity contribution in [3.63, 3.8) is 0 Å². The molecule has 2 aromatic rings. The van der Waals surface area contributed by atoms with Gasteiger partial charge in [-0.25, -0.2) is 9.78 Å². The van der Waals surface area contributed by atoms with E-state index in [9.17, 15) is 9.59 Å². The van der Waals surface area contributed by atoms with Gasteiger partial charge in [-0.15, -0.1) is 11.3 Å². The monoisotopic (exact) mass is 358 g/mol. The fourth-order valence-corrected chi connectivity index (χ4v) is 4.47. The molecular weight excluding hydrogens is 336 g/mol. The summed E-state index contributed by atoms with van der Waals surface area (Å²) in [5, 5.41) is 3.47. The van der Waals surface area contributed by atoms with Gasteiger partial charge < -0.3 is 10.1 Å². The summed E-state index contributed by atoms with van der Waals surface area (Å²) in [5.74, 6) is -0.651. The van der Waals surface area contributed by atoms with E-state index in [0.29, 0.717) is 22.9 Å². The summed E-state index contributed by atoms with van der Waals surface area (Å²) in [6, 6.07) is 3.67. The summed E-state index contributed by atoms with van der Waals surface area (Å²) in [6.07, 6.45) is 3.98. The molecule has 1 amide bonds. The van der Waals surface area contributed by atoms with Gasteiger partial charge in [-0.3, -0.25) is 4.79 Å². The van der Waals surface area contributed by atoms with Crippen molar-refractivity contribution in [2.24, 2.45) is 0 Å². The molecule has 0 atom stereocenters. The fourth-order valence-electron chi connectivity index (χ4n) is 3.20. The SMILES string of the molecule is CCOC(=O)c1c(NC(=O)c2cc(C)cc(C)n2)sc2c1CCCC2. The van der Waals surface area contributed by atoms with Crippen LogP contribution >= 0.6 is 11.3 Å². The second-order valence-corrected chi connectivity index (χ2v) is 7.37. The van der Waals surface area contributed by atoms with E-state index in [1.165, 1.54) is 16.2 Å². The zero-order valence-corrected chi connectivity index (χ0v) is 15.6. The lowest BCUT2D eigenvalue weighted by Crippen LogP contribution is -2.17. The molecule has 1 N–H and O–H groups in total. The largest absolute Gasteiger partial charge is 0.462 e. The Kier molecular flexibility index (Phi) is 5.18. The lowest BCUT2D eigenvalue weighted by molar-refractivity contribution is 0.0526. The highest BCUT2D eigenvalue weighted by Gasteiger charge is 2.27. The first-order chi connectivity index (χ1) is 12.0. The predicted octanol–water partition coefficient (Wildman–Crippen LogP) is 4.07. The molecule has 2 heterocycles. The van der Waals surface area contributed by atoms with Gasteiger partial charge >= 0.3 is 5.97 Å². The maximum absolute atomic E-state index is 12.6. The number of aryl methyl sites for hydroxylation is 3. The van der Waals surface area contributed by atoms with Crippen molar-refractivity contribution in [3.8, 4) is 0 Å². The Morgan fingerprint density at radius 3 is 2.72 bits per heavy atom. The van der Waals surface area contributed by atoms with Crippen molar-refractivity contribution < 1.29 is 14.3 Å². The Balaban J connectivity index is 1.94. The van der Waals surface area contributed by atoms with Gasteiger partial charge in [0, 0.05) is 10.6 Å². The molecule has 0 radical (unpaired) electrons. The number of nitrogens with zero attached hydrogens (tertiary/aromatic N) is 1. The van der Waals surface area contributed by atoms with E-state index >= 15 is 0 Å². The molecule has 2 aromatic heterocycles. The topological polar surface area (TPSA) is 68.3 Å². The van der Waals surface area contributed by atoms with E-state index in [4.69, 9.17) is 4.74 Å². The first-order valence-corrected chi connectivity index (χ1v) is 9.39. The molecule has 0 aromatic carbocycles. The van der Waals surface area contributed by atoms with E-state index in [2.05, 4.69) is 10.3 Å². The van der Waals surface area contributed by atoms with Crippen LogP contribution in [0.4, 0.5) is 5.00 Å². The highest BCUT2D eigenvalue weighted by atomic mass is 32.1. The fraction of sp³-hybridized carbons (Fsp3) is 0.421. The summed E-state index contributed by atoms with van der Waals surface area (Å²) in [7, 11) is 0. The van der Waals surface area contributed by atoms with Crippen molar-refractivity contribution in [1.29, 1.82) is 0 Å². The van der Waals surface area contributed by atoms with Gasteiger partial charge in [-0.1, -0.05) is 0 Å². The summed E-state index contributed by atoms with van der Waals surface area (Å²) < 4.78 is 5.22. The molecule has 0 aliphatic heterocycles. The lowest BCUT2D eigenvalue weighted by Gasteiger charge is -2.12. The van der Waals surface area contributed by atoms with Crippen LogP contribution in [0, 0.1) is 13.8 Å². The average Bonchev–Trinajstić information content (AvgIpc) is 2.92. The first kappa shape index (κ1) is 17.6. The molecule has 0 saturated heterocycles. The molecule has 1 aliphatic rings. The number of anilines is 1. The molecule has 25 heavy (non-hydrogen) atoms. The second kappa shape index (κ2) is 7.35. The molecule has 5 nitrogen and oxygen atoms in total. The molecule has 0 saturated carbocycles. The van der Waals surface area contributed by atoms with Crippen LogP contribution in [0.25, 0.3) is 0 Å². The summed E-state index contributed by atoms with van der Waals surface area (Å²) >= 11 is 1.49. The van der Waals surface area contributed by atoms with Crippen LogP contribution in [0.2, 0.25) is 0 Å². The van der Waals surface area contributed by atoms with Crippen molar-refractivity contribution in [2.45, 2.75) is 46.5 Å². The smallest absolute Gasteiger partial charge is 0.341 e. The number of carbonyl (C=O) groups is 2. The number of fused-ring (bicyclic) bond motifs is 1. The molecule has 0 bridgehead atoms. The number of esters is 1. The van der Waals surface area contributed by atoms with Crippen LogP contribution in [0.1, 0.15) is 62.3 Å². The third-order valence-corrected chi connectivity index (χ3v) is 5.42. The number of thiophene rings is 1. The standard InChI is InChI=1S/C19H22N2O3S/c1-4-24-19(23)16-13-7-5-6-8-15(13)25-18(16)21-17(22)14-10-11(2)9-12(3)20-14/h9-10H,4-8H2,1-3H3,(H,21,22). The van der Waals surface area contributed by atoms with E-state index in [-0.39, 0.29) is 11.9 Å². The van der Waals surface area contributed by atoms with Gasteiger partial charge in [0.1, 0.15) is 10.7 Å². The molecule has 132 valence electrons. The third-order valence-electron chi connectivity index (χ3n) is 4.21.